The fourth-order valence-electron chi connectivity index (χ4n) is 3.57. The van der Waals surface area contributed by atoms with Gasteiger partial charge in [-0.15, -0.1) is 0 Å². The van der Waals surface area contributed by atoms with Crippen molar-refractivity contribution in [2.45, 2.75) is 37.9 Å². The molecule has 2 aromatic rings. The normalized spacial score (nSPS) is 27.8. The van der Waals surface area contributed by atoms with Crippen LogP contribution < -0.4 is 0 Å². The van der Waals surface area contributed by atoms with Crippen LogP contribution in [0.25, 0.3) is 11.1 Å². The molecule has 0 amide bonds. The molecule has 0 bridgehead atoms. The Kier molecular flexibility index (Phi) is 2.96. The molecule has 2 aromatic carbocycles. The maximum absolute atomic E-state index is 11.2. The first-order valence-electron chi connectivity index (χ1n) is 7.22. The molecule has 0 heterocycles. The van der Waals surface area contributed by atoms with E-state index in [0.29, 0.717) is 12.8 Å². The quantitative estimate of drug-likeness (QED) is 0.874. The summed E-state index contributed by atoms with van der Waals surface area (Å²) >= 11 is 0. The van der Waals surface area contributed by atoms with Crippen molar-refractivity contribution in [1.29, 1.82) is 0 Å². The molecule has 0 aromatic heterocycles. The van der Waals surface area contributed by atoms with E-state index in [0.717, 1.165) is 22.3 Å². The Balaban J connectivity index is 2.42. The van der Waals surface area contributed by atoms with Crippen molar-refractivity contribution in [2.75, 3.05) is 0 Å². The SMILES string of the molecule is CCC1(O)c2ccccc2-c2ccccc2C1(O)CC. The van der Waals surface area contributed by atoms with E-state index in [1.165, 1.54) is 0 Å². The second-order valence-corrected chi connectivity index (χ2v) is 5.52. The van der Waals surface area contributed by atoms with Crippen molar-refractivity contribution in [1.82, 2.24) is 0 Å². The van der Waals surface area contributed by atoms with Gasteiger partial charge in [0.05, 0.1) is 0 Å². The first-order chi connectivity index (χ1) is 9.58. The minimum Gasteiger partial charge on any atom is -0.382 e. The van der Waals surface area contributed by atoms with Crippen molar-refractivity contribution in [3.63, 3.8) is 0 Å². The highest BCUT2D eigenvalue weighted by Gasteiger charge is 2.53. The van der Waals surface area contributed by atoms with Crippen LogP contribution in [0, 0.1) is 0 Å². The summed E-state index contributed by atoms with van der Waals surface area (Å²) in [4.78, 5) is 0. The van der Waals surface area contributed by atoms with Gasteiger partial charge in [-0.2, -0.15) is 0 Å². The van der Waals surface area contributed by atoms with Gasteiger partial charge in [0.2, 0.25) is 0 Å². The van der Waals surface area contributed by atoms with Crippen LogP contribution >= 0.6 is 0 Å². The van der Waals surface area contributed by atoms with Gasteiger partial charge in [-0.3, -0.25) is 0 Å². The molecule has 2 atom stereocenters. The molecule has 2 N–H and O–H groups in total. The summed E-state index contributed by atoms with van der Waals surface area (Å²) in [7, 11) is 0. The fraction of sp³-hybridized carbons (Fsp3) is 0.333. The summed E-state index contributed by atoms with van der Waals surface area (Å²) in [6.45, 7) is 3.84. The Hall–Kier alpha value is -1.64. The molecule has 2 heteroatoms. The van der Waals surface area contributed by atoms with Gasteiger partial charge in [0.25, 0.3) is 0 Å². The lowest BCUT2D eigenvalue weighted by Crippen LogP contribution is -2.51. The van der Waals surface area contributed by atoms with Crippen LogP contribution in [0.3, 0.4) is 0 Å². The lowest BCUT2D eigenvalue weighted by atomic mass is 9.63. The summed E-state index contributed by atoms with van der Waals surface area (Å²) in [5.41, 5.74) is 1.20. The molecule has 1 aliphatic carbocycles. The van der Waals surface area contributed by atoms with E-state index in [-0.39, 0.29) is 0 Å². The third-order valence-electron chi connectivity index (χ3n) is 4.74. The van der Waals surface area contributed by atoms with Crippen molar-refractivity contribution in [3.8, 4) is 11.1 Å². The van der Waals surface area contributed by atoms with Gasteiger partial charge >= 0.3 is 0 Å². The lowest BCUT2D eigenvalue weighted by Gasteiger charge is -2.48. The van der Waals surface area contributed by atoms with E-state index in [1.807, 2.05) is 62.4 Å². The first kappa shape index (κ1) is 13.3. The lowest BCUT2D eigenvalue weighted by molar-refractivity contribution is -0.170. The Bertz CT molecular complexity index is 592. The van der Waals surface area contributed by atoms with Crippen LogP contribution in [0.1, 0.15) is 37.8 Å². The number of hydrogen-bond acceptors (Lipinski definition) is 2. The minimum absolute atomic E-state index is 0.475. The van der Waals surface area contributed by atoms with Gasteiger partial charge in [-0.05, 0) is 35.1 Å². The number of hydrogen-bond donors (Lipinski definition) is 2. The molecule has 0 saturated heterocycles. The second kappa shape index (κ2) is 4.44. The average Bonchev–Trinajstić information content (AvgIpc) is 2.52. The van der Waals surface area contributed by atoms with Gasteiger partial charge in [-0.1, -0.05) is 62.4 Å². The fourth-order valence-corrected chi connectivity index (χ4v) is 3.57. The average molecular weight is 268 g/mol. The molecule has 2 unspecified atom stereocenters. The van der Waals surface area contributed by atoms with Crippen molar-refractivity contribution in [3.05, 3.63) is 59.7 Å². The summed E-state index contributed by atoms with van der Waals surface area (Å²) in [5, 5.41) is 22.5. The molecule has 0 saturated carbocycles. The number of rotatable bonds is 2. The summed E-state index contributed by atoms with van der Waals surface area (Å²) in [5.74, 6) is 0. The third-order valence-corrected chi connectivity index (χ3v) is 4.74. The van der Waals surface area contributed by atoms with Gasteiger partial charge in [0, 0.05) is 0 Å². The second-order valence-electron chi connectivity index (χ2n) is 5.52. The molecule has 0 radical (unpaired) electrons. The molecule has 2 nitrogen and oxygen atoms in total. The van der Waals surface area contributed by atoms with Crippen molar-refractivity contribution < 1.29 is 10.2 Å². The molecular weight excluding hydrogens is 248 g/mol. The van der Waals surface area contributed by atoms with Crippen molar-refractivity contribution >= 4 is 0 Å². The highest BCUT2D eigenvalue weighted by molar-refractivity contribution is 5.76. The smallest absolute Gasteiger partial charge is 0.123 e. The summed E-state index contributed by atoms with van der Waals surface area (Å²) in [6.07, 6.45) is 0.950. The van der Waals surface area contributed by atoms with Gasteiger partial charge in [-0.25, -0.2) is 0 Å². The molecule has 0 spiro atoms. The maximum Gasteiger partial charge on any atom is 0.123 e. The van der Waals surface area contributed by atoms with E-state index >= 15 is 0 Å². The van der Waals surface area contributed by atoms with Crippen LogP contribution in [-0.4, -0.2) is 10.2 Å². The Morgan fingerprint density at radius 3 is 1.40 bits per heavy atom. The predicted octanol–water partition coefficient (Wildman–Crippen LogP) is 3.56. The first-order valence-corrected chi connectivity index (χ1v) is 7.22. The number of fused-ring (bicyclic) bond motifs is 3. The van der Waals surface area contributed by atoms with Crippen LogP contribution in [0.4, 0.5) is 0 Å². The highest BCUT2D eigenvalue weighted by Crippen LogP contribution is 2.54. The largest absolute Gasteiger partial charge is 0.382 e. The summed E-state index contributed by atoms with van der Waals surface area (Å²) in [6, 6.07) is 15.7. The molecule has 20 heavy (non-hydrogen) atoms. The zero-order valence-corrected chi connectivity index (χ0v) is 11.9. The predicted molar refractivity (Wildman–Crippen MR) is 80.3 cm³/mol. The van der Waals surface area contributed by atoms with Crippen LogP contribution in [0.15, 0.2) is 48.5 Å². The van der Waals surface area contributed by atoms with Crippen LogP contribution in [0.2, 0.25) is 0 Å². The summed E-state index contributed by atoms with van der Waals surface area (Å²) < 4.78 is 0. The molecule has 1 aliphatic rings. The zero-order chi connectivity index (χ0) is 14.4. The van der Waals surface area contributed by atoms with E-state index in [4.69, 9.17) is 0 Å². The van der Waals surface area contributed by atoms with E-state index in [2.05, 4.69) is 0 Å². The Morgan fingerprint density at radius 1 is 0.700 bits per heavy atom. The van der Waals surface area contributed by atoms with E-state index in [1.54, 1.807) is 0 Å². The Morgan fingerprint density at radius 2 is 1.05 bits per heavy atom. The van der Waals surface area contributed by atoms with Crippen LogP contribution in [-0.2, 0) is 11.2 Å². The molecular formula is C18H20O2. The molecule has 3 rings (SSSR count). The number of benzene rings is 2. The zero-order valence-electron chi connectivity index (χ0n) is 11.9. The molecule has 0 aliphatic heterocycles. The number of aliphatic hydroxyl groups is 2. The van der Waals surface area contributed by atoms with Gasteiger partial charge in [0.1, 0.15) is 11.2 Å². The Labute approximate surface area is 119 Å². The van der Waals surface area contributed by atoms with E-state index in [9.17, 15) is 10.2 Å². The van der Waals surface area contributed by atoms with E-state index < -0.39 is 11.2 Å². The minimum atomic E-state index is -1.24. The molecule has 104 valence electrons. The van der Waals surface area contributed by atoms with Gasteiger partial charge < -0.3 is 10.2 Å². The topological polar surface area (TPSA) is 40.5 Å². The molecule has 0 fully saturated rings. The third kappa shape index (κ3) is 1.46. The van der Waals surface area contributed by atoms with Gasteiger partial charge in [0.15, 0.2) is 0 Å². The monoisotopic (exact) mass is 268 g/mol. The highest BCUT2D eigenvalue weighted by atomic mass is 16.4. The standard InChI is InChI=1S/C18H20O2/c1-3-17(19)15-11-7-5-9-13(15)14-10-6-8-12-16(14)18(17,20)4-2/h5-12,19-20H,3-4H2,1-2H3. The van der Waals surface area contributed by atoms with Crippen LogP contribution in [0.5, 0.6) is 0 Å². The van der Waals surface area contributed by atoms with Crippen molar-refractivity contribution in [2.24, 2.45) is 0 Å². The maximum atomic E-state index is 11.2.